The fourth-order valence-electron chi connectivity index (χ4n) is 2.67. The molecule has 0 saturated carbocycles. The lowest BCUT2D eigenvalue weighted by Crippen LogP contribution is -2.18. The Morgan fingerprint density at radius 3 is 2.77 bits per heavy atom. The molecule has 2 heterocycles. The number of aryl methyl sites for hydroxylation is 1. The van der Waals surface area contributed by atoms with Crippen LogP contribution in [0.25, 0.3) is 16.9 Å². The van der Waals surface area contributed by atoms with Crippen LogP contribution in [-0.4, -0.2) is 40.5 Å². The van der Waals surface area contributed by atoms with Crippen LogP contribution in [0.4, 0.5) is 14.5 Å². The molecule has 0 unspecified atom stereocenters. The molecule has 6 nitrogen and oxygen atoms in total. The SMILES string of the molecule is CNC(=O)c1ccc(-c2cnc3c(NCC(F)F)cc(Br)nn23)cc1C. The molecule has 26 heavy (non-hydrogen) atoms. The summed E-state index contributed by atoms with van der Waals surface area (Å²) in [6.45, 7) is 1.37. The van der Waals surface area contributed by atoms with Gasteiger partial charge < -0.3 is 10.6 Å². The van der Waals surface area contributed by atoms with E-state index in [0.29, 0.717) is 27.2 Å². The molecule has 0 atom stereocenters. The zero-order chi connectivity index (χ0) is 18.8. The van der Waals surface area contributed by atoms with E-state index < -0.39 is 13.0 Å². The minimum Gasteiger partial charge on any atom is -0.376 e. The van der Waals surface area contributed by atoms with Gasteiger partial charge in [-0.05, 0) is 46.6 Å². The van der Waals surface area contributed by atoms with E-state index in [9.17, 15) is 13.6 Å². The van der Waals surface area contributed by atoms with E-state index in [-0.39, 0.29) is 5.91 Å². The molecule has 0 aliphatic heterocycles. The Hall–Kier alpha value is -2.55. The molecule has 0 fully saturated rings. The van der Waals surface area contributed by atoms with Gasteiger partial charge in [0.2, 0.25) is 0 Å². The number of carbonyl (C=O) groups is 1. The fourth-order valence-corrected chi connectivity index (χ4v) is 3.05. The number of aromatic nitrogens is 3. The van der Waals surface area contributed by atoms with Crippen LogP contribution in [0.2, 0.25) is 0 Å². The van der Waals surface area contributed by atoms with Gasteiger partial charge in [0.1, 0.15) is 4.60 Å². The fraction of sp³-hybridized carbons (Fsp3) is 0.235. The standard InChI is InChI=1S/C17H16BrF2N5O/c1-9-5-10(3-4-11(9)17(26)21-2)13-7-23-16-12(22-8-15(19)20)6-14(18)24-25(13)16/h3-7,15,22H,8H2,1-2H3,(H,21,26). The van der Waals surface area contributed by atoms with Crippen LogP contribution in [0.3, 0.4) is 0 Å². The van der Waals surface area contributed by atoms with Gasteiger partial charge in [-0.25, -0.2) is 18.3 Å². The Kier molecular flexibility index (Phi) is 5.17. The zero-order valence-electron chi connectivity index (χ0n) is 14.1. The maximum atomic E-state index is 12.5. The summed E-state index contributed by atoms with van der Waals surface area (Å²) >= 11 is 3.30. The van der Waals surface area contributed by atoms with Crippen LogP contribution in [0.5, 0.6) is 0 Å². The second-order valence-corrected chi connectivity index (χ2v) is 6.45. The van der Waals surface area contributed by atoms with Crippen molar-refractivity contribution in [2.75, 3.05) is 18.9 Å². The van der Waals surface area contributed by atoms with Gasteiger partial charge in [0, 0.05) is 18.2 Å². The molecule has 2 N–H and O–H groups in total. The number of carbonyl (C=O) groups excluding carboxylic acids is 1. The van der Waals surface area contributed by atoms with Crippen LogP contribution in [0, 0.1) is 6.92 Å². The topological polar surface area (TPSA) is 71.3 Å². The first kappa shape index (κ1) is 18.2. The molecule has 0 saturated heterocycles. The molecule has 0 aliphatic carbocycles. The third-order valence-corrected chi connectivity index (χ3v) is 4.27. The molecule has 3 rings (SSSR count). The first-order chi connectivity index (χ1) is 12.4. The second kappa shape index (κ2) is 7.36. The van der Waals surface area contributed by atoms with Gasteiger partial charge >= 0.3 is 0 Å². The quantitative estimate of drug-likeness (QED) is 0.658. The van der Waals surface area contributed by atoms with Crippen LogP contribution >= 0.6 is 15.9 Å². The van der Waals surface area contributed by atoms with Crippen molar-refractivity contribution in [1.82, 2.24) is 19.9 Å². The number of alkyl halides is 2. The van der Waals surface area contributed by atoms with Crippen molar-refractivity contribution in [3.05, 3.63) is 46.2 Å². The number of hydrogen-bond donors (Lipinski definition) is 2. The van der Waals surface area contributed by atoms with E-state index in [1.165, 1.54) is 0 Å². The van der Waals surface area contributed by atoms with E-state index in [4.69, 9.17) is 0 Å². The molecule has 0 aliphatic rings. The minimum atomic E-state index is -2.48. The number of rotatable bonds is 5. The molecule has 1 aromatic carbocycles. The van der Waals surface area contributed by atoms with Crippen molar-refractivity contribution in [2.24, 2.45) is 0 Å². The van der Waals surface area contributed by atoms with Gasteiger partial charge in [-0.3, -0.25) is 4.79 Å². The summed E-state index contributed by atoms with van der Waals surface area (Å²) in [5.41, 5.74) is 3.79. The van der Waals surface area contributed by atoms with Crippen molar-refractivity contribution in [3.8, 4) is 11.3 Å². The monoisotopic (exact) mass is 423 g/mol. The van der Waals surface area contributed by atoms with Gasteiger partial charge in [0.05, 0.1) is 24.1 Å². The number of fused-ring (bicyclic) bond motifs is 1. The molecule has 9 heteroatoms. The molecule has 0 radical (unpaired) electrons. The molecular formula is C17H16BrF2N5O. The van der Waals surface area contributed by atoms with E-state index in [0.717, 1.165) is 11.1 Å². The number of nitrogens with one attached hydrogen (secondary N) is 2. The normalized spacial score (nSPS) is 11.2. The summed E-state index contributed by atoms with van der Waals surface area (Å²) < 4.78 is 27.1. The predicted molar refractivity (Wildman–Crippen MR) is 98.7 cm³/mol. The first-order valence-electron chi connectivity index (χ1n) is 7.80. The molecular weight excluding hydrogens is 408 g/mol. The van der Waals surface area contributed by atoms with E-state index in [1.807, 2.05) is 13.0 Å². The van der Waals surface area contributed by atoms with Gasteiger partial charge in [-0.2, -0.15) is 5.10 Å². The van der Waals surface area contributed by atoms with Crippen LogP contribution in [-0.2, 0) is 0 Å². The van der Waals surface area contributed by atoms with Gasteiger partial charge in [-0.15, -0.1) is 0 Å². The summed E-state index contributed by atoms with van der Waals surface area (Å²) in [5.74, 6) is -0.161. The Labute approximate surface area is 156 Å². The maximum Gasteiger partial charge on any atom is 0.255 e. The van der Waals surface area contributed by atoms with Gasteiger partial charge in [0.15, 0.2) is 5.65 Å². The lowest BCUT2D eigenvalue weighted by Gasteiger charge is -2.10. The lowest BCUT2D eigenvalue weighted by molar-refractivity contribution is 0.0962. The molecule has 3 aromatic rings. The van der Waals surface area contributed by atoms with Crippen molar-refractivity contribution >= 4 is 33.2 Å². The molecule has 2 aromatic heterocycles. The maximum absolute atomic E-state index is 12.5. The Balaban J connectivity index is 2.06. The number of halogens is 3. The zero-order valence-corrected chi connectivity index (χ0v) is 15.6. The number of amides is 1. The molecule has 136 valence electrons. The number of anilines is 1. The number of hydrogen-bond acceptors (Lipinski definition) is 4. The highest BCUT2D eigenvalue weighted by atomic mass is 79.9. The van der Waals surface area contributed by atoms with Crippen molar-refractivity contribution in [2.45, 2.75) is 13.3 Å². The van der Waals surface area contributed by atoms with E-state index in [1.54, 1.807) is 36.0 Å². The lowest BCUT2D eigenvalue weighted by atomic mass is 10.0. The average Bonchev–Trinajstić information content (AvgIpc) is 3.02. The summed E-state index contributed by atoms with van der Waals surface area (Å²) in [6.07, 6.45) is -0.854. The van der Waals surface area contributed by atoms with Crippen LogP contribution < -0.4 is 10.6 Å². The smallest absolute Gasteiger partial charge is 0.255 e. The highest BCUT2D eigenvalue weighted by Gasteiger charge is 2.15. The van der Waals surface area contributed by atoms with Crippen molar-refractivity contribution in [1.29, 1.82) is 0 Å². The third kappa shape index (κ3) is 3.52. The highest BCUT2D eigenvalue weighted by molar-refractivity contribution is 9.10. The predicted octanol–water partition coefficient (Wildman–Crippen LogP) is 3.50. The third-order valence-electron chi connectivity index (χ3n) is 3.88. The first-order valence-corrected chi connectivity index (χ1v) is 8.59. The minimum absolute atomic E-state index is 0.161. The van der Waals surface area contributed by atoms with Gasteiger partial charge in [0.25, 0.3) is 12.3 Å². The summed E-state index contributed by atoms with van der Waals surface area (Å²) in [5, 5.41) is 9.65. The van der Waals surface area contributed by atoms with Gasteiger partial charge in [-0.1, -0.05) is 6.07 Å². The van der Waals surface area contributed by atoms with Crippen LogP contribution in [0.15, 0.2) is 35.1 Å². The number of imidazole rings is 1. The van der Waals surface area contributed by atoms with Crippen molar-refractivity contribution < 1.29 is 13.6 Å². The van der Waals surface area contributed by atoms with Crippen molar-refractivity contribution in [3.63, 3.8) is 0 Å². The Morgan fingerprint density at radius 1 is 1.35 bits per heavy atom. The highest BCUT2D eigenvalue weighted by Crippen LogP contribution is 2.27. The van der Waals surface area contributed by atoms with Crippen LogP contribution in [0.1, 0.15) is 15.9 Å². The molecule has 0 bridgehead atoms. The van der Waals surface area contributed by atoms with E-state index in [2.05, 4.69) is 36.6 Å². The van der Waals surface area contributed by atoms with E-state index >= 15 is 0 Å². The summed E-state index contributed by atoms with van der Waals surface area (Å²) in [4.78, 5) is 16.2. The summed E-state index contributed by atoms with van der Waals surface area (Å²) in [7, 11) is 1.58. The summed E-state index contributed by atoms with van der Waals surface area (Å²) in [6, 6.07) is 7.00. The number of nitrogens with zero attached hydrogens (tertiary/aromatic N) is 3. The second-order valence-electron chi connectivity index (χ2n) is 5.64. The largest absolute Gasteiger partial charge is 0.376 e. The number of benzene rings is 1. The average molecular weight is 424 g/mol. The Bertz CT molecular complexity index is 973. The molecule has 0 spiro atoms. The molecule has 1 amide bonds. The Morgan fingerprint density at radius 2 is 2.12 bits per heavy atom.